The number of nitrogens with zero attached hydrogens (tertiary/aromatic N) is 1. The molecule has 0 aliphatic rings. The van der Waals surface area contributed by atoms with Gasteiger partial charge in [0.15, 0.2) is 6.61 Å². The number of rotatable bonds is 4. The molecular weight excluding hydrogens is 206 g/mol. The maximum atomic E-state index is 11.8. The van der Waals surface area contributed by atoms with E-state index in [1.807, 2.05) is 6.92 Å². The Hall–Kier alpha value is -1.59. The van der Waals surface area contributed by atoms with Crippen molar-refractivity contribution in [3.63, 3.8) is 0 Å². The summed E-state index contributed by atoms with van der Waals surface area (Å²) < 4.78 is 29.5. The molecule has 84 valence electrons. The van der Waals surface area contributed by atoms with Crippen LogP contribution >= 0.6 is 0 Å². The van der Waals surface area contributed by atoms with Gasteiger partial charge >= 0.3 is 5.97 Å². The summed E-state index contributed by atoms with van der Waals surface area (Å²) in [7, 11) is 0. The molecule has 0 aliphatic carbocycles. The molecule has 0 aromatic carbocycles. The van der Waals surface area contributed by atoms with Gasteiger partial charge in [-0.15, -0.1) is 0 Å². The van der Waals surface area contributed by atoms with Gasteiger partial charge < -0.3 is 15.0 Å². The molecule has 0 fully saturated rings. The van der Waals surface area contributed by atoms with E-state index in [1.165, 1.54) is 6.07 Å². The first-order valence-electron chi connectivity index (χ1n) is 4.45. The number of halogens is 2. The summed E-state index contributed by atoms with van der Waals surface area (Å²) in [6.07, 6.45) is -1.10. The molecule has 1 aromatic heterocycles. The average molecular weight is 218 g/mol. The molecule has 15 heavy (non-hydrogen) atoms. The molecule has 0 bridgehead atoms. The summed E-state index contributed by atoms with van der Waals surface area (Å²) in [6, 6.07) is 1.40. The molecule has 0 unspecified atom stereocenters. The maximum Gasteiger partial charge on any atom is 0.355 e. The Morgan fingerprint density at radius 3 is 2.87 bits per heavy atom. The Bertz CT molecular complexity index is 350. The minimum absolute atomic E-state index is 0.190. The van der Waals surface area contributed by atoms with Crippen molar-refractivity contribution >= 4 is 11.7 Å². The number of hydrogen-bond acceptors (Lipinski definition) is 3. The number of nitrogen functional groups attached to an aromatic ring is 1. The van der Waals surface area contributed by atoms with Crippen LogP contribution in [0.15, 0.2) is 12.3 Å². The van der Waals surface area contributed by atoms with Gasteiger partial charge in [0, 0.05) is 12.7 Å². The third-order valence-corrected chi connectivity index (χ3v) is 1.81. The summed E-state index contributed by atoms with van der Waals surface area (Å²) in [5, 5.41) is 0. The third kappa shape index (κ3) is 2.93. The van der Waals surface area contributed by atoms with Gasteiger partial charge in [-0.05, 0) is 13.0 Å². The van der Waals surface area contributed by atoms with Crippen molar-refractivity contribution in [3.05, 3.63) is 18.0 Å². The predicted octanol–water partition coefficient (Wildman–Crippen LogP) is 1.51. The molecular formula is C9H12F2N2O2. The van der Waals surface area contributed by atoms with E-state index in [4.69, 9.17) is 5.73 Å². The highest BCUT2D eigenvalue weighted by atomic mass is 19.3. The summed E-state index contributed by atoms with van der Waals surface area (Å²) in [5.74, 6) is -0.783. The van der Waals surface area contributed by atoms with E-state index in [0.717, 1.165) is 0 Å². The second-order valence-electron chi connectivity index (χ2n) is 2.93. The number of alkyl halides is 2. The normalized spacial score (nSPS) is 10.7. The average Bonchev–Trinajstić information content (AvgIpc) is 2.56. The smallest absolute Gasteiger partial charge is 0.355 e. The summed E-state index contributed by atoms with van der Waals surface area (Å²) in [4.78, 5) is 11.3. The molecule has 1 heterocycles. The molecule has 0 atom stereocenters. The van der Waals surface area contributed by atoms with Crippen LogP contribution in [-0.4, -0.2) is 23.6 Å². The van der Waals surface area contributed by atoms with Crippen molar-refractivity contribution in [2.45, 2.75) is 19.9 Å². The molecule has 1 rings (SSSR count). The van der Waals surface area contributed by atoms with Crippen molar-refractivity contribution in [1.29, 1.82) is 0 Å². The molecule has 0 aliphatic heterocycles. The van der Waals surface area contributed by atoms with Gasteiger partial charge in [-0.25, -0.2) is 13.6 Å². The van der Waals surface area contributed by atoms with E-state index in [0.29, 0.717) is 12.2 Å². The van der Waals surface area contributed by atoms with Crippen LogP contribution in [-0.2, 0) is 11.3 Å². The largest absolute Gasteiger partial charge is 0.455 e. The fraction of sp³-hybridized carbons (Fsp3) is 0.444. The van der Waals surface area contributed by atoms with Crippen molar-refractivity contribution in [1.82, 2.24) is 4.57 Å². The van der Waals surface area contributed by atoms with Crippen LogP contribution in [0, 0.1) is 0 Å². The van der Waals surface area contributed by atoms with Crippen molar-refractivity contribution < 1.29 is 18.3 Å². The highest BCUT2D eigenvalue weighted by molar-refractivity contribution is 5.89. The number of aromatic nitrogens is 1. The number of carbonyl (C=O) groups excluding carboxylic acids is 1. The second kappa shape index (κ2) is 4.77. The molecule has 4 nitrogen and oxygen atoms in total. The lowest BCUT2D eigenvalue weighted by atomic mass is 10.4. The van der Waals surface area contributed by atoms with E-state index in [1.54, 1.807) is 10.8 Å². The van der Waals surface area contributed by atoms with Crippen molar-refractivity contribution in [2.75, 3.05) is 12.3 Å². The maximum absolute atomic E-state index is 11.8. The third-order valence-electron chi connectivity index (χ3n) is 1.81. The first kappa shape index (κ1) is 11.5. The number of hydrogen-bond donors (Lipinski definition) is 1. The summed E-state index contributed by atoms with van der Waals surface area (Å²) >= 11 is 0. The van der Waals surface area contributed by atoms with E-state index in [2.05, 4.69) is 4.74 Å². The molecule has 0 saturated heterocycles. The zero-order valence-corrected chi connectivity index (χ0v) is 8.24. The minimum Gasteiger partial charge on any atom is -0.455 e. The molecule has 6 heteroatoms. The molecule has 1 aromatic rings. The van der Waals surface area contributed by atoms with Gasteiger partial charge in [-0.3, -0.25) is 0 Å². The zero-order chi connectivity index (χ0) is 11.4. The van der Waals surface area contributed by atoms with Gasteiger partial charge in [0.05, 0.1) is 5.69 Å². The van der Waals surface area contributed by atoms with E-state index in [-0.39, 0.29) is 5.69 Å². The van der Waals surface area contributed by atoms with Gasteiger partial charge in [-0.1, -0.05) is 0 Å². The Balaban J connectivity index is 2.72. The van der Waals surface area contributed by atoms with Crippen LogP contribution in [0.1, 0.15) is 17.4 Å². The number of anilines is 1. The van der Waals surface area contributed by atoms with Gasteiger partial charge in [-0.2, -0.15) is 0 Å². The van der Waals surface area contributed by atoms with Crippen LogP contribution < -0.4 is 5.73 Å². The summed E-state index contributed by atoms with van der Waals surface area (Å²) in [6.45, 7) is 1.44. The number of aryl methyl sites for hydroxylation is 1. The SMILES string of the molecule is CCn1cc(N)cc1C(=O)OCC(F)F. The quantitative estimate of drug-likeness (QED) is 0.779. The topological polar surface area (TPSA) is 57.2 Å². The monoisotopic (exact) mass is 218 g/mol. The van der Waals surface area contributed by atoms with Crippen LogP contribution in [0.5, 0.6) is 0 Å². The lowest BCUT2D eigenvalue weighted by Gasteiger charge is -2.06. The summed E-state index contributed by atoms with van der Waals surface area (Å²) in [5.41, 5.74) is 6.07. The Labute approximate surface area is 85.6 Å². The molecule has 0 amide bonds. The fourth-order valence-corrected chi connectivity index (χ4v) is 1.18. The zero-order valence-electron chi connectivity index (χ0n) is 8.24. The minimum atomic E-state index is -2.66. The van der Waals surface area contributed by atoms with Gasteiger partial charge in [0.2, 0.25) is 0 Å². The van der Waals surface area contributed by atoms with E-state index in [9.17, 15) is 13.6 Å². The highest BCUT2D eigenvalue weighted by Crippen LogP contribution is 2.12. The van der Waals surface area contributed by atoms with E-state index < -0.39 is 19.0 Å². The standard InChI is InChI=1S/C9H12F2N2O2/c1-2-13-4-6(12)3-7(13)9(14)15-5-8(10)11/h3-4,8H,2,5,12H2,1H3. The molecule has 2 N–H and O–H groups in total. The van der Waals surface area contributed by atoms with Crippen LogP contribution in [0.4, 0.5) is 14.5 Å². The van der Waals surface area contributed by atoms with Gasteiger partial charge in [0.25, 0.3) is 6.43 Å². The molecule has 0 radical (unpaired) electrons. The van der Waals surface area contributed by atoms with Crippen molar-refractivity contribution in [3.8, 4) is 0 Å². The van der Waals surface area contributed by atoms with Crippen LogP contribution in [0.2, 0.25) is 0 Å². The second-order valence-corrected chi connectivity index (χ2v) is 2.93. The Kier molecular flexibility index (Phi) is 3.65. The van der Waals surface area contributed by atoms with Crippen LogP contribution in [0.3, 0.4) is 0 Å². The van der Waals surface area contributed by atoms with Gasteiger partial charge in [0.1, 0.15) is 5.69 Å². The lowest BCUT2D eigenvalue weighted by molar-refractivity contribution is 0.0150. The molecule has 0 spiro atoms. The van der Waals surface area contributed by atoms with Crippen molar-refractivity contribution in [2.24, 2.45) is 0 Å². The Morgan fingerprint density at radius 2 is 2.33 bits per heavy atom. The Morgan fingerprint density at radius 1 is 1.67 bits per heavy atom. The van der Waals surface area contributed by atoms with E-state index >= 15 is 0 Å². The number of carbonyl (C=O) groups is 1. The number of esters is 1. The molecule has 0 saturated carbocycles. The fourth-order valence-electron chi connectivity index (χ4n) is 1.18. The first-order valence-corrected chi connectivity index (χ1v) is 4.45. The highest BCUT2D eigenvalue weighted by Gasteiger charge is 2.15. The number of nitrogens with two attached hydrogens (primary N) is 1. The van der Waals surface area contributed by atoms with Crippen LogP contribution in [0.25, 0.3) is 0 Å². The number of ether oxygens (including phenoxy) is 1. The predicted molar refractivity (Wildman–Crippen MR) is 50.8 cm³/mol. The first-order chi connectivity index (χ1) is 7.04. The lowest BCUT2D eigenvalue weighted by Crippen LogP contribution is -2.15.